The average Bonchev–Trinajstić information content (AvgIpc) is 2.76. The van der Waals surface area contributed by atoms with Gasteiger partial charge in [0, 0.05) is 51.2 Å². The molecule has 2 heterocycles. The van der Waals surface area contributed by atoms with Crippen LogP contribution < -0.4 is 4.90 Å². The summed E-state index contributed by atoms with van der Waals surface area (Å²) in [6, 6.07) is 10.5. The van der Waals surface area contributed by atoms with Crippen LogP contribution in [-0.2, 0) is 13.6 Å². The number of anilines is 1. The van der Waals surface area contributed by atoms with Crippen LogP contribution in [0, 0.1) is 6.92 Å². The molecule has 3 nitrogen and oxygen atoms in total. The van der Waals surface area contributed by atoms with E-state index in [0.29, 0.717) is 0 Å². The standard InChI is InChI=1S/C21H28ClN3/c1-16(2)21-14-18(17(3)23(21)4)15-24-10-7-11-25(13-12-24)20-9-6-5-8-19(20)22/h5-6,8-9,14H,1,7,10-13,15H2,2-4H3. The molecule has 1 aromatic heterocycles. The van der Waals surface area contributed by atoms with E-state index in [1.165, 1.54) is 17.0 Å². The average molecular weight is 358 g/mol. The van der Waals surface area contributed by atoms with Crippen molar-refractivity contribution in [1.29, 1.82) is 0 Å². The third-order valence-corrected chi connectivity index (χ3v) is 5.57. The van der Waals surface area contributed by atoms with Gasteiger partial charge in [0.25, 0.3) is 0 Å². The molecule has 0 saturated carbocycles. The highest BCUT2D eigenvalue weighted by Crippen LogP contribution is 2.27. The van der Waals surface area contributed by atoms with Gasteiger partial charge in [0.1, 0.15) is 0 Å². The minimum absolute atomic E-state index is 0.848. The first kappa shape index (κ1) is 18.1. The highest BCUT2D eigenvalue weighted by molar-refractivity contribution is 6.33. The molecule has 134 valence electrons. The molecule has 4 heteroatoms. The normalized spacial score (nSPS) is 16.1. The number of hydrogen-bond donors (Lipinski definition) is 0. The lowest BCUT2D eigenvalue weighted by molar-refractivity contribution is 0.285. The molecular formula is C21H28ClN3. The summed E-state index contributed by atoms with van der Waals surface area (Å²) < 4.78 is 2.26. The van der Waals surface area contributed by atoms with Crippen LogP contribution >= 0.6 is 11.6 Å². The van der Waals surface area contributed by atoms with Crippen LogP contribution in [0.1, 0.15) is 30.3 Å². The van der Waals surface area contributed by atoms with Gasteiger partial charge < -0.3 is 9.47 Å². The van der Waals surface area contributed by atoms with Crippen molar-refractivity contribution >= 4 is 22.9 Å². The van der Waals surface area contributed by atoms with Gasteiger partial charge in [0.15, 0.2) is 0 Å². The molecule has 0 spiro atoms. The molecule has 0 N–H and O–H groups in total. The first-order chi connectivity index (χ1) is 12.0. The molecule has 1 aromatic carbocycles. The number of hydrogen-bond acceptors (Lipinski definition) is 2. The fourth-order valence-corrected chi connectivity index (χ4v) is 3.91. The monoisotopic (exact) mass is 357 g/mol. The molecule has 2 aromatic rings. The Balaban J connectivity index is 1.69. The minimum Gasteiger partial charge on any atom is -0.369 e. The summed E-state index contributed by atoms with van der Waals surface area (Å²) in [6.45, 7) is 13.6. The van der Waals surface area contributed by atoms with E-state index >= 15 is 0 Å². The molecule has 1 aliphatic heterocycles. The molecule has 25 heavy (non-hydrogen) atoms. The number of benzene rings is 1. The molecule has 1 aliphatic rings. The fraction of sp³-hybridized carbons (Fsp3) is 0.429. The van der Waals surface area contributed by atoms with Gasteiger partial charge in [-0.15, -0.1) is 0 Å². The number of para-hydroxylation sites is 1. The van der Waals surface area contributed by atoms with Gasteiger partial charge in [0.2, 0.25) is 0 Å². The van der Waals surface area contributed by atoms with Crippen LogP contribution in [-0.4, -0.2) is 35.6 Å². The van der Waals surface area contributed by atoms with Crippen molar-refractivity contribution < 1.29 is 0 Å². The lowest BCUT2D eigenvalue weighted by Gasteiger charge is -2.24. The molecule has 1 fully saturated rings. The molecule has 1 saturated heterocycles. The second-order valence-electron chi connectivity index (χ2n) is 7.05. The van der Waals surface area contributed by atoms with Gasteiger partial charge in [-0.1, -0.05) is 30.3 Å². The molecule has 0 bridgehead atoms. The van der Waals surface area contributed by atoms with Crippen molar-refractivity contribution in [3.05, 3.63) is 58.9 Å². The van der Waals surface area contributed by atoms with Crippen molar-refractivity contribution in [2.45, 2.75) is 26.8 Å². The Morgan fingerprint density at radius 1 is 1.16 bits per heavy atom. The highest BCUT2D eigenvalue weighted by Gasteiger charge is 2.19. The third kappa shape index (κ3) is 3.94. The summed E-state index contributed by atoms with van der Waals surface area (Å²) >= 11 is 6.38. The number of allylic oxidation sites excluding steroid dienone is 1. The molecule has 0 amide bonds. The second-order valence-corrected chi connectivity index (χ2v) is 7.45. The molecule has 3 rings (SSSR count). The maximum absolute atomic E-state index is 6.38. The Kier molecular flexibility index (Phi) is 5.55. The zero-order valence-electron chi connectivity index (χ0n) is 15.6. The molecule has 0 radical (unpaired) electrons. The molecule has 0 atom stereocenters. The van der Waals surface area contributed by atoms with Crippen LogP contribution in [0.15, 0.2) is 36.9 Å². The predicted octanol–water partition coefficient (Wildman–Crippen LogP) is 4.73. The summed E-state index contributed by atoms with van der Waals surface area (Å²) in [5.41, 5.74) is 6.26. The number of nitrogens with zero attached hydrogens (tertiary/aromatic N) is 3. The first-order valence-corrected chi connectivity index (χ1v) is 9.38. The fourth-order valence-electron chi connectivity index (χ4n) is 3.65. The van der Waals surface area contributed by atoms with Gasteiger partial charge in [-0.3, -0.25) is 4.90 Å². The van der Waals surface area contributed by atoms with Crippen molar-refractivity contribution in [3.8, 4) is 0 Å². The van der Waals surface area contributed by atoms with Crippen LogP contribution in [0.3, 0.4) is 0 Å². The Morgan fingerprint density at radius 3 is 2.60 bits per heavy atom. The molecule has 0 unspecified atom stereocenters. The van der Waals surface area contributed by atoms with Crippen molar-refractivity contribution in [2.24, 2.45) is 7.05 Å². The van der Waals surface area contributed by atoms with Crippen LogP contribution in [0.25, 0.3) is 5.57 Å². The van der Waals surface area contributed by atoms with Gasteiger partial charge in [0.05, 0.1) is 10.7 Å². The number of rotatable bonds is 4. The van der Waals surface area contributed by atoms with E-state index in [1.807, 2.05) is 12.1 Å². The predicted molar refractivity (Wildman–Crippen MR) is 108 cm³/mol. The Morgan fingerprint density at radius 2 is 1.92 bits per heavy atom. The Labute approximate surface area is 156 Å². The quantitative estimate of drug-likeness (QED) is 0.783. The van der Waals surface area contributed by atoms with E-state index in [-0.39, 0.29) is 0 Å². The zero-order valence-corrected chi connectivity index (χ0v) is 16.3. The van der Waals surface area contributed by atoms with Gasteiger partial charge >= 0.3 is 0 Å². The summed E-state index contributed by atoms with van der Waals surface area (Å²) in [4.78, 5) is 4.97. The van der Waals surface area contributed by atoms with E-state index in [4.69, 9.17) is 11.6 Å². The summed E-state index contributed by atoms with van der Waals surface area (Å²) in [6.07, 6.45) is 1.16. The van der Waals surface area contributed by atoms with Crippen molar-refractivity contribution in [1.82, 2.24) is 9.47 Å². The summed E-state index contributed by atoms with van der Waals surface area (Å²) in [5.74, 6) is 0. The topological polar surface area (TPSA) is 11.4 Å². The Hall–Kier alpha value is -1.71. The van der Waals surface area contributed by atoms with Gasteiger partial charge in [-0.05, 0) is 49.6 Å². The smallest absolute Gasteiger partial charge is 0.0639 e. The maximum Gasteiger partial charge on any atom is 0.0639 e. The van der Waals surface area contributed by atoms with Crippen LogP contribution in [0.5, 0.6) is 0 Å². The number of aromatic nitrogens is 1. The van der Waals surface area contributed by atoms with Crippen LogP contribution in [0.4, 0.5) is 5.69 Å². The van der Waals surface area contributed by atoms with Gasteiger partial charge in [-0.25, -0.2) is 0 Å². The third-order valence-electron chi connectivity index (χ3n) is 5.25. The lowest BCUT2D eigenvalue weighted by Crippen LogP contribution is -2.30. The summed E-state index contributed by atoms with van der Waals surface area (Å²) in [5, 5.41) is 0.848. The highest BCUT2D eigenvalue weighted by atomic mass is 35.5. The minimum atomic E-state index is 0.848. The Bertz CT molecular complexity index is 762. The number of halogens is 1. The van der Waals surface area contributed by atoms with E-state index in [2.05, 4.69) is 60.0 Å². The summed E-state index contributed by atoms with van der Waals surface area (Å²) in [7, 11) is 2.13. The molecule has 0 aliphatic carbocycles. The second kappa shape index (κ2) is 7.67. The zero-order chi connectivity index (χ0) is 18.0. The van der Waals surface area contributed by atoms with Crippen molar-refractivity contribution in [2.75, 3.05) is 31.1 Å². The SMILES string of the molecule is C=C(C)c1cc(CN2CCCN(c3ccccc3Cl)CC2)c(C)n1C. The molecular weight excluding hydrogens is 330 g/mol. The largest absolute Gasteiger partial charge is 0.369 e. The van der Waals surface area contributed by atoms with Gasteiger partial charge in [-0.2, -0.15) is 0 Å². The van der Waals surface area contributed by atoms with Crippen molar-refractivity contribution in [3.63, 3.8) is 0 Å². The van der Waals surface area contributed by atoms with Crippen LogP contribution in [0.2, 0.25) is 5.02 Å². The van der Waals surface area contributed by atoms with E-state index in [1.54, 1.807) is 0 Å². The maximum atomic E-state index is 6.38. The van der Waals surface area contributed by atoms with E-state index < -0.39 is 0 Å². The van der Waals surface area contributed by atoms with E-state index in [0.717, 1.165) is 55.4 Å². The first-order valence-electron chi connectivity index (χ1n) is 9.00. The van der Waals surface area contributed by atoms with E-state index in [9.17, 15) is 0 Å². The lowest BCUT2D eigenvalue weighted by atomic mass is 10.2.